The van der Waals surface area contributed by atoms with Gasteiger partial charge in [-0.05, 0) is 61.3 Å². The van der Waals surface area contributed by atoms with Crippen LogP contribution in [0.3, 0.4) is 0 Å². The quantitative estimate of drug-likeness (QED) is 0.303. The summed E-state index contributed by atoms with van der Waals surface area (Å²) in [7, 11) is -4.08. The van der Waals surface area contributed by atoms with Crippen molar-refractivity contribution in [1.29, 1.82) is 0 Å². The van der Waals surface area contributed by atoms with Crippen LogP contribution < -0.4 is 5.32 Å². The van der Waals surface area contributed by atoms with Crippen molar-refractivity contribution >= 4 is 32.7 Å². The van der Waals surface area contributed by atoms with Crippen molar-refractivity contribution in [3.63, 3.8) is 0 Å². The van der Waals surface area contributed by atoms with Crippen LogP contribution in [0.15, 0.2) is 102 Å². The van der Waals surface area contributed by atoms with Gasteiger partial charge in [-0.3, -0.25) is 19.5 Å². The van der Waals surface area contributed by atoms with Crippen LogP contribution in [-0.4, -0.2) is 90.7 Å². The van der Waals surface area contributed by atoms with Crippen LogP contribution in [0.4, 0.5) is 0 Å². The van der Waals surface area contributed by atoms with Gasteiger partial charge < -0.3 is 10.2 Å². The Morgan fingerprint density at radius 3 is 2.31 bits per heavy atom. The van der Waals surface area contributed by atoms with E-state index < -0.39 is 27.9 Å². The molecule has 2 fully saturated rings. The van der Waals surface area contributed by atoms with Crippen LogP contribution in [-0.2, 0) is 19.6 Å². The lowest BCUT2D eigenvalue weighted by molar-refractivity contribution is -0.136. The van der Waals surface area contributed by atoms with E-state index in [0.717, 1.165) is 37.1 Å². The number of benzene rings is 3. The standard InChI is InChI=1S/C35H39N5O4S/c1-2-38-20-10-16-29(38)24-37-34(41)32-25-39(35(42)33(26-11-5-3-6-12-26)27-13-7-4-8-14-27)21-22-40(32)45(43,44)30-17-18-31-28(23-30)15-9-19-36-31/h3-9,11-15,17-19,23,29,32-33H,2,10,16,20-22,24-25H2,1H3,(H,37,41). The predicted octanol–water partition coefficient (Wildman–Crippen LogP) is 3.87. The lowest BCUT2D eigenvalue weighted by atomic mass is 9.89. The SMILES string of the molecule is CCN1CCCC1CNC(=O)C1CN(C(=O)C(c2ccccc2)c2ccccc2)CCN1S(=O)(=O)c1ccc2ncccc2c1. The second-order valence-electron chi connectivity index (χ2n) is 11.7. The number of likely N-dealkylation sites (N-methyl/N-ethyl adjacent to an activating group) is 1. The number of carbonyl (C=O) groups is 2. The largest absolute Gasteiger partial charge is 0.353 e. The Hall–Kier alpha value is -4.12. The van der Waals surface area contributed by atoms with Crippen LogP contribution in [0.2, 0.25) is 0 Å². The Bertz CT molecular complexity index is 1710. The van der Waals surface area contributed by atoms with E-state index in [1.807, 2.05) is 66.7 Å². The Morgan fingerprint density at radius 2 is 1.62 bits per heavy atom. The number of nitrogens with one attached hydrogen (secondary N) is 1. The number of aromatic nitrogens is 1. The molecule has 2 saturated heterocycles. The molecule has 3 aromatic carbocycles. The molecule has 0 radical (unpaired) electrons. The second kappa shape index (κ2) is 13.5. The summed E-state index contributed by atoms with van der Waals surface area (Å²) < 4.78 is 29.6. The molecule has 9 nitrogen and oxygen atoms in total. The number of sulfonamides is 1. The van der Waals surface area contributed by atoms with Gasteiger partial charge >= 0.3 is 0 Å². The molecule has 0 bridgehead atoms. The number of nitrogens with zero attached hydrogens (tertiary/aromatic N) is 4. The van der Waals surface area contributed by atoms with Crippen molar-refractivity contribution in [2.24, 2.45) is 0 Å². The highest BCUT2D eigenvalue weighted by Gasteiger charge is 2.43. The third-order valence-corrected chi connectivity index (χ3v) is 11.0. The number of carbonyl (C=O) groups excluding carboxylic acids is 2. The summed E-state index contributed by atoms with van der Waals surface area (Å²) in [6, 6.07) is 26.7. The van der Waals surface area contributed by atoms with Crippen molar-refractivity contribution in [3.8, 4) is 0 Å². The summed E-state index contributed by atoms with van der Waals surface area (Å²) in [5.41, 5.74) is 2.37. The van der Waals surface area contributed by atoms with Crippen molar-refractivity contribution in [2.75, 3.05) is 39.3 Å². The summed E-state index contributed by atoms with van der Waals surface area (Å²) >= 11 is 0. The fourth-order valence-electron chi connectivity index (χ4n) is 6.65. The van der Waals surface area contributed by atoms with Gasteiger partial charge in [-0.15, -0.1) is 0 Å². The van der Waals surface area contributed by atoms with E-state index in [1.165, 1.54) is 10.4 Å². The van der Waals surface area contributed by atoms with Gasteiger partial charge in [0.25, 0.3) is 0 Å². The van der Waals surface area contributed by atoms with E-state index in [9.17, 15) is 18.0 Å². The Balaban J connectivity index is 1.31. The first-order valence-corrected chi connectivity index (χ1v) is 17.1. The average Bonchev–Trinajstić information content (AvgIpc) is 3.55. The Labute approximate surface area is 264 Å². The summed E-state index contributed by atoms with van der Waals surface area (Å²) in [6.45, 7) is 4.54. The van der Waals surface area contributed by atoms with Crippen molar-refractivity contribution in [1.82, 2.24) is 24.4 Å². The van der Waals surface area contributed by atoms with Gasteiger partial charge in [0.2, 0.25) is 21.8 Å². The highest BCUT2D eigenvalue weighted by Crippen LogP contribution is 2.30. The number of hydrogen-bond acceptors (Lipinski definition) is 6. The molecule has 0 saturated carbocycles. The number of pyridine rings is 1. The molecule has 2 aliphatic rings. The zero-order valence-corrected chi connectivity index (χ0v) is 26.3. The molecule has 2 aliphatic heterocycles. The van der Waals surface area contributed by atoms with E-state index in [4.69, 9.17) is 0 Å². The zero-order valence-electron chi connectivity index (χ0n) is 25.5. The van der Waals surface area contributed by atoms with Gasteiger partial charge in [-0.2, -0.15) is 4.31 Å². The predicted molar refractivity (Wildman–Crippen MR) is 174 cm³/mol. The maximum absolute atomic E-state index is 14.3. The molecule has 10 heteroatoms. The smallest absolute Gasteiger partial charge is 0.243 e. The maximum Gasteiger partial charge on any atom is 0.243 e. The number of hydrogen-bond donors (Lipinski definition) is 1. The van der Waals surface area contributed by atoms with Crippen molar-refractivity contribution in [2.45, 2.75) is 42.7 Å². The van der Waals surface area contributed by atoms with Gasteiger partial charge in [-0.25, -0.2) is 8.42 Å². The van der Waals surface area contributed by atoms with Crippen LogP contribution in [0, 0.1) is 0 Å². The molecule has 3 heterocycles. The third kappa shape index (κ3) is 6.49. The van der Waals surface area contributed by atoms with E-state index >= 15 is 0 Å². The molecule has 2 atom stereocenters. The summed E-state index contributed by atoms with van der Waals surface area (Å²) in [5.74, 6) is -1.13. The topological polar surface area (TPSA) is 103 Å². The third-order valence-electron chi connectivity index (χ3n) is 9.06. The minimum Gasteiger partial charge on any atom is -0.353 e. The molecule has 1 aromatic heterocycles. The fourth-order valence-corrected chi connectivity index (χ4v) is 8.25. The molecule has 2 amide bonds. The zero-order chi connectivity index (χ0) is 31.4. The highest BCUT2D eigenvalue weighted by atomic mass is 32.2. The van der Waals surface area contributed by atoms with E-state index in [0.29, 0.717) is 17.4 Å². The summed E-state index contributed by atoms with van der Waals surface area (Å²) in [4.78, 5) is 36.6. The number of likely N-dealkylation sites (tertiary alicyclic amines) is 1. The van der Waals surface area contributed by atoms with Gasteiger partial charge in [-0.1, -0.05) is 73.7 Å². The Morgan fingerprint density at radius 1 is 0.911 bits per heavy atom. The Kier molecular flexibility index (Phi) is 9.25. The fraction of sp³-hybridized carbons (Fsp3) is 0.343. The number of fused-ring (bicyclic) bond motifs is 1. The van der Waals surface area contributed by atoms with Crippen molar-refractivity contribution < 1.29 is 18.0 Å². The molecule has 1 N–H and O–H groups in total. The molecule has 234 valence electrons. The molecular weight excluding hydrogens is 586 g/mol. The van der Waals surface area contributed by atoms with E-state index in [-0.39, 0.29) is 36.5 Å². The molecule has 0 spiro atoms. The molecular formula is C35H39N5O4S. The van der Waals surface area contributed by atoms with Gasteiger partial charge in [0.15, 0.2) is 0 Å². The number of amides is 2. The van der Waals surface area contributed by atoms with Gasteiger partial charge in [0.1, 0.15) is 6.04 Å². The summed E-state index contributed by atoms with van der Waals surface area (Å²) in [6.07, 6.45) is 3.71. The van der Waals surface area contributed by atoms with Crippen LogP contribution in [0.1, 0.15) is 36.8 Å². The number of rotatable bonds is 9. The van der Waals surface area contributed by atoms with Gasteiger partial charge in [0.05, 0.1) is 16.3 Å². The summed E-state index contributed by atoms with van der Waals surface area (Å²) in [5, 5.41) is 3.76. The molecule has 4 aromatic rings. The van der Waals surface area contributed by atoms with Crippen LogP contribution in [0.5, 0.6) is 0 Å². The molecule has 6 rings (SSSR count). The molecule has 2 unspecified atom stereocenters. The highest BCUT2D eigenvalue weighted by molar-refractivity contribution is 7.89. The first-order chi connectivity index (χ1) is 21.9. The normalized spacial score (nSPS) is 19.6. The van der Waals surface area contributed by atoms with E-state index in [1.54, 1.807) is 29.3 Å². The minimum absolute atomic E-state index is 0.00193. The molecule has 45 heavy (non-hydrogen) atoms. The lowest BCUT2D eigenvalue weighted by Crippen LogP contribution is -2.62. The lowest BCUT2D eigenvalue weighted by Gasteiger charge is -2.41. The van der Waals surface area contributed by atoms with Crippen molar-refractivity contribution in [3.05, 3.63) is 108 Å². The first-order valence-electron chi connectivity index (χ1n) is 15.6. The van der Waals surface area contributed by atoms with Crippen LogP contribution >= 0.6 is 0 Å². The average molecular weight is 626 g/mol. The monoisotopic (exact) mass is 625 g/mol. The first kappa shape index (κ1) is 30.9. The second-order valence-corrected chi connectivity index (χ2v) is 13.6. The number of piperazine rings is 1. The molecule has 0 aliphatic carbocycles. The maximum atomic E-state index is 14.3. The van der Waals surface area contributed by atoms with Gasteiger partial charge in [0, 0.05) is 43.8 Å². The minimum atomic E-state index is -4.08. The van der Waals surface area contributed by atoms with Crippen LogP contribution in [0.25, 0.3) is 10.9 Å². The van der Waals surface area contributed by atoms with E-state index in [2.05, 4.69) is 22.1 Å².